The molecule has 0 aromatic carbocycles. The van der Waals surface area contributed by atoms with Gasteiger partial charge in [-0.05, 0) is 20.3 Å². The SMILES string of the molecule is C=CCC(Nc1c([N+](=O)[O-])c(C)nn1CC)C(=O)O. The molecule has 0 spiro atoms. The van der Waals surface area contributed by atoms with E-state index in [1.807, 2.05) is 0 Å². The maximum absolute atomic E-state index is 11.1. The quantitative estimate of drug-likeness (QED) is 0.441. The number of rotatable bonds is 7. The summed E-state index contributed by atoms with van der Waals surface area (Å²) in [6, 6.07) is -0.974. The molecule has 2 N–H and O–H groups in total. The third kappa shape index (κ3) is 3.09. The zero-order valence-electron chi connectivity index (χ0n) is 10.8. The standard InChI is InChI=1S/C11H16N4O4/c1-4-6-8(11(16)17)12-10-9(15(18)19)7(3)13-14(10)5-2/h4,8,12H,1,5-6H2,2-3H3,(H,16,17). The van der Waals surface area contributed by atoms with E-state index in [-0.39, 0.29) is 23.6 Å². The van der Waals surface area contributed by atoms with E-state index in [0.717, 1.165) is 0 Å². The number of aromatic nitrogens is 2. The van der Waals surface area contributed by atoms with Gasteiger partial charge in [0.15, 0.2) is 0 Å². The molecule has 1 atom stereocenters. The Morgan fingerprint density at radius 3 is 2.79 bits per heavy atom. The van der Waals surface area contributed by atoms with Gasteiger partial charge < -0.3 is 10.4 Å². The van der Waals surface area contributed by atoms with Crippen molar-refractivity contribution in [2.45, 2.75) is 32.9 Å². The van der Waals surface area contributed by atoms with Crippen LogP contribution >= 0.6 is 0 Å². The Hall–Kier alpha value is -2.38. The van der Waals surface area contributed by atoms with E-state index in [1.54, 1.807) is 6.92 Å². The minimum Gasteiger partial charge on any atom is -0.480 e. The highest BCUT2D eigenvalue weighted by atomic mass is 16.6. The molecule has 8 nitrogen and oxygen atoms in total. The van der Waals surface area contributed by atoms with Gasteiger partial charge in [0.25, 0.3) is 0 Å². The molecule has 0 aliphatic carbocycles. The summed E-state index contributed by atoms with van der Waals surface area (Å²) in [4.78, 5) is 21.5. The Balaban J connectivity index is 3.20. The number of nitro groups is 1. The van der Waals surface area contributed by atoms with Crippen molar-refractivity contribution in [1.82, 2.24) is 9.78 Å². The Bertz CT molecular complexity index is 509. The molecule has 0 bridgehead atoms. The summed E-state index contributed by atoms with van der Waals surface area (Å²) < 4.78 is 1.38. The molecule has 1 aromatic rings. The average Bonchev–Trinajstić information content (AvgIpc) is 2.64. The normalized spacial score (nSPS) is 11.9. The number of anilines is 1. The number of aryl methyl sites for hydroxylation is 2. The van der Waals surface area contributed by atoms with Crippen molar-refractivity contribution in [1.29, 1.82) is 0 Å². The minimum atomic E-state index is -1.10. The van der Waals surface area contributed by atoms with Crippen molar-refractivity contribution in [2.24, 2.45) is 0 Å². The maximum Gasteiger partial charge on any atom is 0.333 e. The van der Waals surface area contributed by atoms with E-state index in [4.69, 9.17) is 5.11 Å². The van der Waals surface area contributed by atoms with Crippen molar-refractivity contribution in [3.63, 3.8) is 0 Å². The van der Waals surface area contributed by atoms with Gasteiger partial charge in [-0.3, -0.25) is 10.1 Å². The van der Waals surface area contributed by atoms with Crippen LogP contribution in [0.5, 0.6) is 0 Å². The van der Waals surface area contributed by atoms with Crippen LogP contribution in [0.15, 0.2) is 12.7 Å². The summed E-state index contributed by atoms with van der Waals surface area (Å²) in [6.45, 7) is 7.15. The molecule has 1 heterocycles. The molecule has 0 aliphatic heterocycles. The predicted octanol–water partition coefficient (Wildman–Crippen LogP) is 1.56. The molecule has 0 saturated heterocycles. The fourth-order valence-electron chi connectivity index (χ4n) is 1.72. The van der Waals surface area contributed by atoms with Gasteiger partial charge in [0.05, 0.1) is 4.92 Å². The molecule has 0 fully saturated rings. The van der Waals surface area contributed by atoms with E-state index in [2.05, 4.69) is 17.0 Å². The largest absolute Gasteiger partial charge is 0.480 e. The summed E-state index contributed by atoms with van der Waals surface area (Å²) in [5, 5.41) is 26.8. The van der Waals surface area contributed by atoms with E-state index in [0.29, 0.717) is 6.54 Å². The summed E-state index contributed by atoms with van der Waals surface area (Å²) in [6.07, 6.45) is 1.59. The first-order chi connectivity index (χ1) is 8.92. The van der Waals surface area contributed by atoms with Crippen LogP contribution in [0.2, 0.25) is 0 Å². The predicted molar refractivity (Wildman–Crippen MR) is 69.2 cm³/mol. The molecule has 104 valence electrons. The van der Waals surface area contributed by atoms with Crippen LogP contribution in [-0.4, -0.2) is 31.8 Å². The lowest BCUT2D eigenvalue weighted by Crippen LogP contribution is -2.30. The molecule has 0 amide bonds. The fraction of sp³-hybridized carbons (Fsp3) is 0.455. The van der Waals surface area contributed by atoms with Crippen LogP contribution in [0.1, 0.15) is 19.0 Å². The Morgan fingerprint density at radius 1 is 1.74 bits per heavy atom. The lowest BCUT2D eigenvalue weighted by Gasteiger charge is -2.14. The van der Waals surface area contributed by atoms with Crippen molar-refractivity contribution in [3.05, 3.63) is 28.5 Å². The number of carboxylic acid groups (broad SMARTS) is 1. The smallest absolute Gasteiger partial charge is 0.333 e. The number of nitrogens with zero attached hydrogens (tertiary/aromatic N) is 3. The van der Waals surface area contributed by atoms with Crippen LogP contribution in [0.25, 0.3) is 0 Å². The lowest BCUT2D eigenvalue weighted by atomic mass is 10.2. The van der Waals surface area contributed by atoms with Crippen molar-refractivity contribution in [2.75, 3.05) is 5.32 Å². The first kappa shape index (κ1) is 14.7. The number of hydrogen-bond donors (Lipinski definition) is 2. The monoisotopic (exact) mass is 268 g/mol. The Labute approximate surface area is 109 Å². The van der Waals surface area contributed by atoms with Gasteiger partial charge >= 0.3 is 11.7 Å². The topological polar surface area (TPSA) is 110 Å². The van der Waals surface area contributed by atoms with Crippen LogP contribution in [0, 0.1) is 17.0 Å². The highest BCUT2D eigenvalue weighted by molar-refractivity contribution is 5.78. The van der Waals surface area contributed by atoms with E-state index < -0.39 is 16.9 Å². The average molecular weight is 268 g/mol. The molecule has 8 heteroatoms. The molecular weight excluding hydrogens is 252 g/mol. The molecule has 1 rings (SSSR count). The van der Waals surface area contributed by atoms with Crippen molar-refractivity contribution < 1.29 is 14.8 Å². The van der Waals surface area contributed by atoms with Gasteiger partial charge in [-0.1, -0.05) is 6.08 Å². The molecule has 0 radical (unpaired) electrons. The number of carboxylic acids is 1. The van der Waals surface area contributed by atoms with E-state index in [1.165, 1.54) is 17.7 Å². The second-order valence-corrected chi connectivity index (χ2v) is 3.92. The number of aliphatic carboxylic acids is 1. The van der Waals surface area contributed by atoms with Crippen LogP contribution < -0.4 is 5.32 Å². The second-order valence-electron chi connectivity index (χ2n) is 3.92. The van der Waals surface area contributed by atoms with Crippen molar-refractivity contribution in [3.8, 4) is 0 Å². The highest BCUT2D eigenvalue weighted by Crippen LogP contribution is 2.29. The minimum absolute atomic E-state index is 0.110. The van der Waals surface area contributed by atoms with Crippen molar-refractivity contribution >= 4 is 17.5 Å². The third-order valence-electron chi connectivity index (χ3n) is 2.59. The highest BCUT2D eigenvalue weighted by Gasteiger charge is 2.28. The van der Waals surface area contributed by atoms with E-state index in [9.17, 15) is 14.9 Å². The fourth-order valence-corrected chi connectivity index (χ4v) is 1.72. The second kappa shape index (κ2) is 5.98. The van der Waals surface area contributed by atoms with Crippen LogP contribution in [0.4, 0.5) is 11.5 Å². The molecular formula is C11H16N4O4. The summed E-state index contributed by atoms with van der Waals surface area (Å²) in [7, 11) is 0. The van der Waals surface area contributed by atoms with E-state index >= 15 is 0 Å². The summed E-state index contributed by atoms with van der Waals surface area (Å²) in [5.74, 6) is -0.991. The molecule has 1 unspecified atom stereocenters. The van der Waals surface area contributed by atoms with Gasteiger partial charge in [0.2, 0.25) is 5.82 Å². The van der Waals surface area contributed by atoms with Gasteiger partial charge in [-0.15, -0.1) is 6.58 Å². The number of carbonyl (C=O) groups is 1. The van der Waals surface area contributed by atoms with Gasteiger partial charge in [-0.25, -0.2) is 9.48 Å². The molecule has 0 aliphatic rings. The zero-order chi connectivity index (χ0) is 14.6. The van der Waals surface area contributed by atoms with Crippen LogP contribution in [-0.2, 0) is 11.3 Å². The molecule has 1 aromatic heterocycles. The van der Waals surface area contributed by atoms with Gasteiger partial charge in [0.1, 0.15) is 11.7 Å². The lowest BCUT2D eigenvalue weighted by molar-refractivity contribution is -0.384. The number of nitrogens with one attached hydrogen (secondary N) is 1. The molecule has 19 heavy (non-hydrogen) atoms. The first-order valence-electron chi connectivity index (χ1n) is 5.74. The van der Waals surface area contributed by atoms with Gasteiger partial charge in [-0.2, -0.15) is 5.10 Å². The van der Waals surface area contributed by atoms with Crippen LogP contribution in [0.3, 0.4) is 0 Å². The third-order valence-corrected chi connectivity index (χ3v) is 2.59. The van der Waals surface area contributed by atoms with Gasteiger partial charge in [0, 0.05) is 6.54 Å². The number of hydrogen-bond acceptors (Lipinski definition) is 5. The zero-order valence-corrected chi connectivity index (χ0v) is 10.8. The Morgan fingerprint density at radius 2 is 2.37 bits per heavy atom. The maximum atomic E-state index is 11.1. The summed E-state index contributed by atoms with van der Waals surface area (Å²) in [5.41, 5.74) is 0.0502. The molecule has 0 saturated carbocycles. The first-order valence-corrected chi connectivity index (χ1v) is 5.74. The Kier molecular flexibility index (Phi) is 4.62. The summed E-state index contributed by atoms with van der Waals surface area (Å²) >= 11 is 0.